The summed E-state index contributed by atoms with van der Waals surface area (Å²) in [6, 6.07) is 7.65. The Morgan fingerprint density at radius 1 is 1.27 bits per heavy atom. The summed E-state index contributed by atoms with van der Waals surface area (Å²) in [4.78, 5) is 36.7. The number of benzene rings is 1. The van der Waals surface area contributed by atoms with Crippen molar-refractivity contribution < 1.29 is 27.4 Å². The van der Waals surface area contributed by atoms with E-state index >= 15 is 0 Å². The molecule has 1 atom stereocenters. The number of likely N-dealkylation sites (tertiary alicyclic amines) is 1. The molecular formula is C18H15F3N4O4S. The Labute approximate surface area is 171 Å². The van der Waals surface area contributed by atoms with Gasteiger partial charge in [0.05, 0.1) is 6.04 Å². The van der Waals surface area contributed by atoms with E-state index in [1.165, 1.54) is 4.90 Å². The van der Waals surface area contributed by atoms with Crippen molar-refractivity contribution in [1.29, 1.82) is 0 Å². The van der Waals surface area contributed by atoms with Crippen LogP contribution >= 0.6 is 11.3 Å². The number of aromatic nitrogens is 3. The number of halogens is 3. The molecule has 8 nitrogen and oxygen atoms in total. The van der Waals surface area contributed by atoms with Gasteiger partial charge in [0.15, 0.2) is 17.0 Å². The van der Waals surface area contributed by atoms with E-state index in [4.69, 9.17) is 4.74 Å². The van der Waals surface area contributed by atoms with E-state index in [9.17, 15) is 22.8 Å². The van der Waals surface area contributed by atoms with Crippen molar-refractivity contribution in [3.63, 3.8) is 0 Å². The zero-order valence-electron chi connectivity index (χ0n) is 15.3. The number of hydrogen-bond acceptors (Lipinski definition) is 7. The third kappa shape index (κ3) is 4.37. The molecule has 4 rings (SSSR count). The number of carbonyl (C=O) groups excluding carboxylic acids is 1. The highest BCUT2D eigenvalue weighted by molar-refractivity contribution is 7.18. The number of thiazole rings is 1. The SMILES string of the molecule is O=C(Oc1ccccc1)N1CCC[C@@H]1c1nc2c(=O)[nH]c(OCC(F)(F)F)nc2s1. The Balaban J connectivity index is 1.56. The molecule has 1 N–H and O–H groups in total. The normalized spacial score (nSPS) is 16.8. The summed E-state index contributed by atoms with van der Waals surface area (Å²) in [7, 11) is 0. The lowest BCUT2D eigenvalue weighted by Gasteiger charge is -2.22. The molecule has 1 fully saturated rings. The summed E-state index contributed by atoms with van der Waals surface area (Å²) in [5, 5.41) is 0.457. The number of ether oxygens (including phenoxy) is 2. The Morgan fingerprint density at radius 3 is 2.77 bits per heavy atom. The van der Waals surface area contributed by atoms with Gasteiger partial charge in [-0.1, -0.05) is 29.5 Å². The molecule has 3 aromatic rings. The monoisotopic (exact) mass is 440 g/mol. The van der Waals surface area contributed by atoms with Crippen molar-refractivity contribution in [1.82, 2.24) is 19.9 Å². The van der Waals surface area contributed by atoms with Gasteiger partial charge in [-0.25, -0.2) is 9.78 Å². The number of aromatic amines is 1. The van der Waals surface area contributed by atoms with E-state index in [2.05, 4.69) is 19.7 Å². The highest BCUT2D eigenvalue weighted by Crippen LogP contribution is 2.36. The quantitative estimate of drug-likeness (QED) is 0.665. The fraction of sp³-hybridized carbons (Fsp3) is 0.333. The summed E-state index contributed by atoms with van der Waals surface area (Å²) in [6.07, 6.45) is -3.78. The zero-order chi connectivity index (χ0) is 21.3. The summed E-state index contributed by atoms with van der Waals surface area (Å²) >= 11 is 1.03. The molecule has 3 heterocycles. The fourth-order valence-corrected chi connectivity index (χ4v) is 4.16. The van der Waals surface area contributed by atoms with Gasteiger partial charge in [-0.05, 0) is 25.0 Å². The van der Waals surface area contributed by atoms with Crippen LogP contribution in [0.1, 0.15) is 23.9 Å². The van der Waals surface area contributed by atoms with Gasteiger partial charge >= 0.3 is 12.3 Å². The molecule has 2 aromatic heterocycles. The van der Waals surface area contributed by atoms with Gasteiger partial charge in [-0.2, -0.15) is 18.2 Å². The maximum absolute atomic E-state index is 12.6. The number of fused-ring (bicyclic) bond motifs is 1. The van der Waals surface area contributed by atoms with Crippen molar-refractivity contribution in [2.45, 2.75) is 25.1 Å². The predicted molar refractivity (Wildman–Crippen MR) is 101 cm³/mol. The minimum Gasteiger partial charge on any atom is -0.455 e. The first-order valence-corrected chi connectivity index (χ1v) is 9.75. The maximum Gasteiger partial charge on any atom is 0.422 e. The average molecular weight is 440 g/mol. The smallest absolute Gasteiger partial charge is 0.422 e. The van der Waals surface area contributed by atoms with E-state index in [0.29, 0.717) is 30.1 Å². The van der Waals surface area contributed by atoms with Crippen LogP contribution < -0.4 is 15.0 Å². The Morgan fingerprint density at radius 2 is 2.03 bits per heavy atom. The number of rotatable bonds is 4. The molecule has 1 amide bonds. The summed E-state index contributed by atoms with van der Waals surface area (Å²) < 4.78 is 46.9. The van der Waals surface area contributed by atoms with Gasteiger partial charge in [0.2, 0.25) is 0 Å². The molecular weight excluding hydrogens is 425 g/mol. The molecule has 1 saturated heterocycles. The van der Waals surface area contributed by atoms with Crippen LogP contribution in [0.3, 0.4) is 0 Å². The second-order valence-electron chi connectivity index (χ2n) is 6.51. The molecule has 1 aromatic carbocycles. The number of carbonyl (C=O) groups is 1. The Bertz CT molecular complexity index is 1120. The number of alkyl halides is 3. The van der Waals surface area contributed by atoms with Gasteiger partial charge in [-0.15, -0.1) is 0 Å². The molecule has 0 bridgehead atoms. The van der Waals surface area contributed by atoms with Crippen molar-refractivity contribution in [2.24, 2.45) is 0 Å². The highest BCUT2D eigenvalue weighted by atomic mass is 32.1. The van der Waals surface area contributed by atoms with Crippen LogP contribution in [-0.2, 0) is 0 Å². The third-order valence-corrected chi connectivity index (χ3v) is 5.41. The topological polar surface area (TPSA) is 97.4 Å². The van der Waals surface area contributed by atoms with Crippen molar-refractivity contribution in [3.05, 3.63) is 45.7 Å². The van der Waals surface area contributed by atoms with Crippen LogP contribution in [-0.4, -0.2) is 45.3 Å². The first kappa shape index (κ1) is 20.1. The van der Waals surface area contributed by atoms with Crippen LogP contribution in [0.15, 0.2) is 35.1 Å². The standard InChI is InChI=1S/C18H15F3N4O4S/c19-18(20,21)9-28-16-23-13(26)12-15(24-16)30-14(22-12)11-7-4-8-25(11)17(27)29-10-5-2-1-3-6-10/h1-3,5-6,11H,4,7-9H2,(H,23,24,26)/t11-/m1/s1. The third-order valence-electron chi connectivity index (χ3n) is 4.36. The summed E-state index contributed by atoms with van der Waals surface area (Å²) in [5.41, 5.74) is -0.728. The highest BCUT2D eigenvalue weighted by Gasteiger charge is 2.34. The van der Waals surface area contributed by atoms with Crippen LogP contribution in [0.25, 0.3) is 10.3 Å². The largest absolute Gasteiger partial charge is 0.455 e. The van der Waals surface area contributed by atoms with E-state index in [1.807, 2.05) is 0 Å². The van der Waals surface area contributed by atoms with E-state index < -0.39 is 36.5 Å². The zero-order valence-corrected chi connectivity index (χ0v) is 16.1. The van der Waals surface area contributed by atoms with Crippen LogP contribution in [0.5, 0.6) is 11.8 Å². The van der Waals surface area contributed by atoms with E-state index in [-0.39, 0.29) is 10.3 Å². The van der Waals surface area contributed by atoms with Crippen molar-refractivity contribution >= 4 is 27.8 Å². The molecule has 0 radical (unpaired) electrons. The molecule has 30 heavy (non-hydrogen) atoms. The maximum atomic E-state index is 12.6. The van der Waals surface area contributed by atoms with Gasteiger partial charge in [0.1, 0.15) is 10.8 Å². The number of hydrogen-bond donors (Lipinski definition) is 1. The van der Waals surface area contributed by atoms with Gasteiger partial charge in [-0.3, -0.25) is 14.7 Å². The minimum atomic E-state index is -4.56. The molecule has 158 valence electrons. The number of nitrogens with one attached hydrogen (secondary N) is 1. The molecule has 0 unspecified atom stereocenters. The van der Waals surface area contributed by atoms with Crippen molar-refractivity contribution in [2.75, 3.05) is 13.2 Å². The average Bonchev–Trinajstić information content (AvgIpc) is 3.33. The molecule has 1 aliphatic rings. The molecule has 12 heteroatoms. The predicted octanol–water partition coefficient (Wildman–Crippen LogP) is 3.66. The number of nitrogens with zero attached hydrogens (tertiary/aromatic N) is 3. The lowest BCUT2D eigenvalue weighted by atomic mass is 10.2. The van der Waals surface area contributed by atoms with Gasteiger partial charge < -0.3 is 9.47 Å². The van der Waals surface area contributed by atoms with E-state index in [1.54, 1.807) is 30.3 Å². The lowest BCUT2D eigenvalue weighted by Crippen LogP contribution is -2.33. The first-order valence-electron chi connectivity index (χ1n) is 8.94. The van der Waals surface area contributed by atoms with Crippen LogP contribution in [0.2, 0.25) is 0 Å². The van der Waals surface area contributed by atoms with Crippen LogP contribution in [0.4, 0.5) is 18.0 Å². The Hall–Kier alpha value is -3.15. The fourth-order valence-electron chi connectivity index (χ4n) is 3.08. The lowest BCUT2D eigenvalue weighted by molar-refractivity contribution is -0.154. The summed E-state index contributed by atoms with van der Waals surface area (Å²) in [5.74, 6) is 0.405. The summed E-state index contributed by atoms with van der Waals surface area (Å²) in [6.45, 7) is -1.12. The molecule has 0 aliphatic carbocycles. The Kier molecular flexibility index (Phi) is 5.33. The number of para-hydroxylation sites is 1. The second-order valence-corrected chi connectivity index (χ2v) is 7.52. The van der Waals surface area contributed by atoms with Gasteiger partial charge in [0.25, 0.3) is 11.6 Å². The molecule has 1 aliphatic heterocycles. The first-order chi connectivity index (χ1) is 14.3. The molecule has 0 saturated carbocycles. The van der Waals surface area contributed by atoms with E-state index in [0.717, 1.165) is 11.3 Å². The van der Waals surface area contributed by atoms with Crippen molar-refractivity contribution in [3.8, 4) is 11.8 Å². The second kappa shape index (κ2) is 7.94. The minimum absolute atomic E-state index is 0.0161. The van der Waals surface area contributed by atoms with Crippen LogP contribution in [0, 0.1) is 0 Å². The molecule has 0 spiro atoms. The number of amides is 1. The number of H-pyrrole nitrogens is 1. The van der Waals surface area contributed by atoms with Gasteiger partial charge in [0, 0.05) is 6.54 Å².